The molecule has 1 aromatic rings. The zero-order valence-electron chi connectivity index (χ0n) is 12.4. The molecular weight excluding hydrogens is 268 g/mol. The molecule has 2 aliphatic rings. The predicted octanol–water partition coefficient (Wildman–Crippen LogP) is 3.11. The fourth-order valence-corrected chi connectivity index (χ4v) is 4.53. The van der Waals surface area contributed by atoms with Gasteiger partial charge in [-0.1, -0.05) is 13.8 Å². The molecule has 110 valence electrons. The Bertz CT molecular complexity index is 483. The molecule has 0 aromatic carbocycles. The van der Waals surface area contributed by atoms with Gasteiger partial charge in [0.05, 0.1) is 12.1 Å². The van der Waals surface area contributed by atoms with Crippen molar-refractivity contribution in [2.24, 2.45) is 0 Å². The lowest BCUT2D eigenvalue weighted by Gasteiger charge is -2.40. The second-order valence-electron chi connectivity index (χ2n) is 6.25. The smallest absolute Gasteiger partial charge is 0.240 e. The van der Waals surface area contributed by atoms with Crippen molar-refractivity contribution in [1.29, 1.82) is 0 Å². The molecule has 0 saturated carbocycles. The second-order valence-corrected chi connectivity index (χ2v) is 7.26. The summed E-state index contributed by atoms with van der Waals surface area (Å²) >= 11 is 1.85. The van der Waals surface area contributed by atoms with Gasteiger partial charge in [0.25, 0.3) is 0 Å². The molecule has 4 heteroatoms. The molecule has 2 heterocycles. The third-order valence-electron chi connectivity index (χ3n) is 4.40. The largest absolute Gasteiger partial charge is 0.334 e. The quantitative estimate of drug-likeness (QED) is 0.928. The van der Waals surface area contributed by atoms with Crippen LogP contribution in [0.1, 0.15) is 56.0 Å². The van der Waals surface area contributed by atoms with E-state index in [1.165, 1.54) is 23.3 Å². The number of thiophene rings is 1. The van der Waals surface area contributed by atoms with E-state index in [1.807, 2.05) is 11.3 Å². The standard InChI is InChI=1S/C16H24N2OS/c1-11(2)17-13-5-4-9-18(16(13)19)14-6-3-7-15-12(14)8-10-20-15/h8,10-11,13-14,17H,3-7,9H2,1-2H3. The fourth-order valence-electron chi connectivity index (χ4n) is 3.55. The first-order chi connectivity index (χ1) is 9.66. The number of aryl methyl sites for hydroxylation is 1. The van der Waals surface area contributed by atoms with Crippen LogP contribution in [-0.2, 0) is 11.2 Å². The molecule has 0 radical (unpaired) electrons. The van der Waals surface area contributed by atoms with Gasteiger partial charge in [-0.2, -0.15) is 0 Å². The topological polar surface area (TPSA) is 32.3 Å². The first-order valence-corrected chi connectivity index (χ1v) is 8.67. The molecule has 1 aliphatic carbocycles. The first-order valence-electron chi connectivity index (χ1n) is 7.79. The van der Waals surface area contributed by atoms with Crippen LogP contribution in [-0.4, -0.2) is 29.4 Å². The van der Waals surface area contributed by atoms with Crippen molar-refractivity contribution in [3.8, 4) is 0 Å². The zero-order chi connectivity index (χ0) is 14.1. The lowest BCUT2D eigenvalue weighted by Crippen LogP contribution is -2.53. The Morgan fingerprint density at radius 2 is 2.20 bits per heavy atom. The van der Waals surface area contributed by atoms with Crippen molar-refractivity contribution in [1.82, 2.24) is 10.2 Å². The van der Waals surface area contributed by atoms with Crippen molar-refractivity contribution in [3.63, 3.8) is 0 Å². The summed E-state index contributed by atoms with van der Waals surface area (Å²) in [5, 5.41) is 5.61. The van der Waals surface area contributed by atoms with Crippen molar-refractivity contribution in [3.05, 3.63) is 21.9 Å². The van der Waals surface area contributed by atoms with Crippen LogP contribution in [0.15, 0.2) is 11.4 Å². The summed E-state index contributed by atoms with van der Waals surface area (Å²) in [6, 6.07) is 2.95. The Kier molecular flexibility index (Phi) is 4.13. The number of hydrogen-bond acceptors (Lipinski definition) is 3. The van der Waals surface area contributed by atoms with Crippen molar-refractivity contribution in [2.75, 3.05) is 6.54 Å². The number of amides is 1. The van der Waals surface area contributed by atoms with Crippen molar-refractivity contribution < 1.29 is 4.79 Å². The monoisotopic (exact) mass is 292 g/mol. The number of rotatable bonds is 3. The number of likely N-dealkylation sites (tertiary alicyclic amines) is 1. The lowest BCUT2D eigenvalue weighted by atomic mass is 9.90. The maximum Gasteiger partial charge on any atom is 0.240 e. The lowest BCUT2D eigenvalue weighted by molar-refractivity contribution is -0.139. The molecule has 3 rings (SSSR count). The van der Waals surface area contributed by atoms with Gasteiger partial charge in [0.2, 0.25) is 5.91 Å². The van der Waals surface area contributed by atoms with Crippen LogP contribution in [0, 0.1) is 0 Å². The number of hydrogen-bond donors (Lipinski definition) is 1. The van der Waals surface area contributed by atoms with E-state index in [-0.39, 0.29) is 6.04 Å². The van der Waals surface area contributed by atoms with E-state index in [0.29, 0.717) is 18.0 Å². The molecule has 3 nitrogen and oxygen atoms in total. The molecule has 2 unspecified atom stereocenters. The SMILES string of the molecule is CC(C)NC1CCCN(C2CCCc3sccc32)C1=O. The van der Waals surface area contributed by atoms with Gasteiger partial charge >= 0.3 is 0 Å². The first kappa shape index (κ1) is 14.1. The average Bonchev–Trinajstić information content (AvgIpc) is 2.89. The molecule has 1 saturated heterocycles. The van der Waals surface area contributed by atoms with E-state index in [1.54, 1.807) is 0 Å². The summed E-state index contributed by atoms with van der Waals surface area (Å²) in [6.07, 6.45) is 5.64. The van der Waals surface area contributed by atoms with Crippen LogP contribution in [0.2, 0.25) is 0 Å². The van der Waals surface area contributed by atoms with E-state index in [0.717, 1.165) is 25.8 Å². The van der Waals surface area contributed by atoms with Gasteiger partial charge in [0, 0.05) is 17.5 Å². The van der Waals surface area contributed by atoms with Crippen molar-refractivity contribution >= 4 is 17.2 Å². The molecule has 1 aliphatic heterocycles. The molecule has 0 bridgehead atoms. The van der Waals surface area contributed by atoms with E-state index < -0.39 is 0 Å². The summed E-state index contributed by atoms with van der Waals surface area (Å²) < 4.78 is 0. The Labute approximate surface area is 125 Å². The molecule has 20 heavy (non-hydrogen) atoms. The Balaban J connectivity index is 1.79. The van der Waals surface area contributed by atoms with E-state index in [2.05, 4.69) is 35.5 Å². The number of nitrogens with one attached hydrogen (secondary N) is 1. The summed E-state index contributed by atoms with van der Waals surface area (Å²) in [7, 11) is 0. The van der Waals surface area contributed by atoms with Gasteiger partial charge in [-0.25, -0.2) is 0 Å². The predicted molar refractivity (Wildman–Crippen MR) is 83.0 cm³/mol. The molecule has 0 spiro atoms. The van der Waals surface area contributed by atoms with Crippen LogP contribution < -0.4 is 5.32 Å². The van der Waals surface area contributed by atoms with E-state index >= 15 is 0 Å². The number of carbonyl (C=O) groups is 1. The summed E-state index contributed by atoms with van der Waals surface area (Å²) in [6.45, 7) is 5.16. The summed E-state index contributed by atoms with van der Waals surface area (Å²) in [4.78, 5) is 16.4. The number of nitrogens with zero attached hydrogens (tertiary/aromatic N) is 1. The van der Waals surface area contributed by atoms with Crippen LogP contribution >= 0.6 is 11.3 Å². The maximum absolute atomic E-state index is 12.8. The van der Waals surface area contributed by atoms with Gasteiger partial charge in [-0.15, -0.1) is 11.3 Å². The van der Waals surface area contributed by atoms with Gasteiger partial charge in [0.15, 0.2) is 0 Å². The Morgan fingerprint density at radius 3 is 3.00 bits per heavy atom. The molecule has 1 N–H and O–H groups in total. The highest BCUT2D eigenvalue weighted by Crippen LogP contribution is 2.38. The van der Waals surface area contributed by atoms with Crippen LogP contribution in [0.3, 0.4) is 0 Å². The van der Waals surface area contributed by atoms with Gasteiger partial charge in [-0.3, -0.25) is 4.79 Å². The Morgan fingerprint density at radius 1 is 1.35 bits per heavy atom. The minimum Gasteiger partial charge on any atom is -0.334 e. The molecule has 1 amide bonds. The second kappa shape index (κ2) is 5.86. The summed E-state index contributed by atoms with van der Waals surface area (Å²) in [5.74, 6) is 0.314. The highest BCUT2D eigenvalue weighted by Gasteiger charge is 2.35. The molecule has 1 aromatic heterocycles. The van der Waals surface area contributed by atoms with Crippen LogP contribution in [0.25, 0.3) is 0 Å². The average molecular weight is 292 g/mol. The minimum absolute atomic E-state index is 0.0211. The maximum atomic E-state index is 12.8. The fraction of sp³-hybridized carbons (Fsp3) is 0.688. The number of fused-ring (bicyclic) bond motifs is 1. The zero-order valence-corrected chi connectivity index (χ0v) is 13.2. The Hall–Kier alpha value is -0.870. The van der Waals surface area contributed by atoms with Crippen LogP contribution in [0.4, 0.5) is 0 Å². The minimum atomic E-state index is 0.0211. The van der Waals surface area contributed by atoms with Crippen LogP contribution in [0.5, 0.6) is 0 Å². The summed E-state index contributed by atoms with van der Waals surface area (Å²) in [5.41, 5.74) is 1.42. The van der Waals surface area contributed by atoms with E-state index in [9.17, 15) is 4.79 Å². The number of piperidine rings is 1. The number of carbonyl (C=O) groups excluding carboxylic acids is 1. The normalized spacial score (nSPS) is 26.9. The van der Waals surface area contributed by atoms with Gasteiger partial charge < -0.3 is 10.2 Å². The molecule has 1 fully saturated rings. The third kappa shape index (κ3) is 2.63. The highest BCUT2D eigenvalue weighted by atomic mass is 32.1. The van der Waals surface area contributed by atoms with E-state index in [4.69, 9.17) is 0 Å². The van der Waals surface area contributed by atoms with Gasteiger partial charge in [-0.05, 0) is 49.1 Å². The van der Waals surface area contributed by atoms with Crippen molar-refractivity contribution in [2.45, 2.75) is 64.1 Å². The molecular formula is C16H24N2OS. The highest BCUT2D eigenvalue weighted by molar-refractivity contribution is 7.10. The van der Waals surface area contributed by atoms with Gasteiger partial charge in [0.1, 0.15) is 0 Å². The molecule has 2 atom stereocenters. The third-order valence-corrected chi connectivity index (χ3v) is 5.40.